The van der Waals surface area contributed by atoms with Crippen LogP contribution in [0.5, 0.6) is 0 Å². The van der Waals surface area contributed by atoms with Gasteiger partial charge in [0, 0.05) is 13.5 Å². The minimum absolute atomic E-state index is 0.0381. The van der Waals surface area contributed by atoms with Gasteiger partial charge in [-0.3, -0.25) is 9.59 Å². The zero-order valence-electron chi connectivity index (χ0n) is 16.3. The molecule has 1 aromatic carbocycles. The van der Waals surface area contributed by atoms with Crippen molar-refractivity contribution in [1.82, 2.24) is 4.90 Å². The molecule has 2 amide bonds. The van der Waals surface area contributed by atoms with Crippen LogP contribution >= 0.6 is 11.3 Å². The predicted octanol–water partition coefficient (Wildman–Crippen LogP) is 3.71. The van der Waals surface area contributed by atoms with Crippen molar-refractivity contribution in [2.45, 2.75) is 39.7 Å². The second kappa shape index (κ2) is 8.56. The molecule has 3 rings (SSSR count). The van der Waals surface area contributed by atoms with E-state index in [9.17, 15) is 14.4 Å². The molecule has 6 nitrogen and oxygen atoms in total. The molecule has 28 heavy (non-hydrogen) atoms. The van der Waals surface area contributed by atoms with Crippen LogP contribution in [0.25, 0.3) is 0 Å². The monoisotopic (exact) mass is 400 g/mol. The van der Waals surface area contributed by atoms with E-state index in [2.05, 4.69) is 5.32 Å². The van der Waals surface area contributed by atoms with Crippen molar-refractivity contribution in [2.24, 2.45) is 0 Å². The predicted molar refractivity (Wildman–Crippen MR) is 109 cm³/mol. The molecule has 148 valence electrons. The van der Waals surface area contributed by atoms with Crippen LogP contribution in [0.1, 0.15) is 52.7 Å². The highest BCUT2D eigenvalue weighted by Gasteiger charge is 2.30. The van der Waals surface area contributed by atoms with Crippen LogP contribution < -0.4 is 5.32 Å². The quantitative estimate of drug-likeness (QED) is 0.777. The van der Waals surface area contributed by atoms with E-state index in [4.69, 9.17) is 4.74 Å². The first-order valence-corrected chi connectivity index (χ1v) is 10.1. The topological polar surface area (TPSA) is 75.7 Å². The van der Waals surface area contributed by atoms with Crippen molar-refractivity contribution in [3.8, 4) is 0 Å². The van der Waals surface area contributed by atoms with Gasteiger partial charge in [-0.2, -0.15) is 0 Å². The maximum absolute atomic E-state index is 12.7. The summed E-state index contributed by atoms with van der Waals surface area (Å²) in [6, 6.07) is 9.43. The highest BCUT2D eigenvalue weighted by atomic mass is 32.1. The fourth-order valence-corrected chi connectivity index (χ4v) is 4.54. The zero-order valence-corrected chi connectivity index (χ0v) is 17.1. The summed E-state index contributed by atoms with van der Waals surface area (Å²) in [5, 5.41) is 3.47. The summed E-state index contributed by atoms with van der Waals surface area (Å²) in [5.41, 5.74) is 2.97. The Kier molecular flexibility index (Phi) is 6.14. The highest BCUT2D eigenvalue weighted by molar-refractivity contribution is 7.18. The average molecular weight is 401 g/mol. The minimum atomic E-state index is -0.380. The van der Waals surface area contributed by atoms with Gasteiger partial charge in [-0.15, -0.1) is 11.3 Å². The number of carbonyl (C=O) groups excluding carboxylic acids is 3. The lowest BCUT2D eigenvalue weighted by Crippen LogP contribution is -2.40. The Bertz CT molecular complexity index is 906. The first-order chi connectivity index (χ1) is 13.4. The van der Waals surface area contributed by atoms with Gasteiger partial charge in [-0.25, -0.2) is 4.79 Å². The smallest absolute Gasteiger partial charge is 0.348 e. The minimum Gasteiger partial charge on any atom is -0.462 e. The molecule has 0 aliphatic carbocycles. The lowest BCUT2D eigenvalue weighted by Gasteiger charge is -2.36. The largest absolute Gasteiger partial charge is 0.462 e. The molecule has 1 aliphatic heterocycles. The lowest BCUT2D eigenvalue weighted by molar-refractivity contribution is -0.132. The first kappa shape index (κ1) is 20.1. The van der Waals surface area contributed by atoms with Crippen LogP contribution in [0, 0.1) is 6.92 Å². The van der Waals surface area contributed by atoms with Crippen molar-refractivity contribution in [3.05, 3.63) is 51.9 Å². The molecule has 0 bridgehead atoms. The van der Waals surface area contributed by atoms with Gasteiger partial charge < -0.3 is 15.0 Å². The Morgan fingerprint density at radius 1 is 1.29 bits per heavy atom. The lowest BCUT2D eigenvalue weighted by atomic mass is 9.90. The van der Waals surface area contributed by atoms with Gasteiger partial charge in [0.1, 0.15) is 4.88 Å². The van der Waals surface area contributed by atoms with Crippen LogP contribution in [0.3, 0.4) is 0 Å². The highest BCUT2D eigenvalue weighted by Crippen LogP contribution is 2.33. The van der Waals surface area contributed by atoms with E-state index < -0.39 is 0 Å². The normalized spacial score (nSPS) is 15.7. The summed E-state index contributed by atoms with van der Waals surface area (Å²) in [5.74, 6) is -0.608. The van der Waals surface area contributed by atoms with Crippen LogP contribution in [-0.4, -0.2) is 35.8 Å². The van der Waals surface area contributed by atoms with Crippen molar-refractivity contribution < 1.29 is 19.1 Å². The maximum atomic E-state index is 12.7. The van der Waals surface area contributed by atoms with E-state index in [1.54, 1.807) is 17.9 Å². The van der Waals surface area contributed by atoms with E-state index in [-0.39, 0.29) is 30.2 Å². The molecule has 1 aliphatic rings. The van der Waals surface area contributed by atoms with E-state index in [1.165, 1.54) is 23.8 Å². The molecule has 0 radical (unpaired) electrons. The maximum Gasteiger partial charge on any atom is 0.348 e. The molecule has 1 unspecified atom stereocenters. The Morgan fingerprint density at radius 2 is 2.04 bits per heavy atom. The Labute approximate surface area is 168 Å². The van der Waals surface area contributed by atoms with E-state index in [1.807, 2.05) is 31.2 Å². The summed E-state index contributed by atoms with van der Waals surface area (Å²) < 4.78 is 5.04. The third-order valence-corrected chi connectivity index (χ3v) is 5.97. The fraction of sp³-hybridized carbons (Fsp3) is 0.381. The number of benzene rings is 1. The van der Waals surface area contributed by atoms with Gasteiger partial charge >= 0.3 is 5.97 Å². The summed E-state index contributed by atoms with van der Waals surface area (Å²) in [7, 11) is 0. The number of rotatable bonds is 5. The molecule has 1 N–H and O–H groups in total. The summed E-state index contributed by atoms with van der Waals surface area (Å²) >= 11 is 1.20. The van der Waals surface area contributed by atoms with Crippen molar-refractivity contribution >= 4 is 34.1 Å². The molecule has 7 heteroatoms. The number of carbonyl (C=O) groups is 3. The van der Waals surface area contributed by atoms with Crippen molar-refractivity contribution in [2.75, 3.05) is 18.5 Å². The van der Waals surface area contributed by atoms with Crippen molar-refractivity contribution in [1.29, 1.82) is 0 Å². The standard InChI is InChI=1S/C21H24N2O4S/c1-4-27-21(26)20-13(2)11-19(28-20)22-18(25)12-17-16-8-6-5-7-15(16)9-10-23(17)14(3)24/h5-8,11,17H,4,9-10,12H2,1-3H3,(H,22,25). The molecule has 0 saturated carbocycles. The molecule has 2 heterocycles. The SMILES string of the molecule is CCOC(=O)c1sc(NC(=O)CC2c3ccccc3CCN2C(C)=O)cc1C. The zero-order chi connectivity index (χ0) is 20.3. The molecule has 0 spiro atoms. The third kappa shape index (κ3) is 4.25. The summed E-state index contributed by atoms with van der Waals surface area (Å²) in [6.45, 7) is 6.02. The van der Waals surface area contributed by atoms with Gasteiger partial charge in [-0.1, -0.05) is 24.3 Å². The number of nitrogens with one attached hydrogen (secondary N) is 1. The number of aryl methyl sites for hydroxylation is 1. The number of anilines is 1. The second-order valence-corrected chi connectivity index (χ2v) is 7.82. The average Bonchev–Trinajstić information content (AvgIpc) is 3.02. The van der Waals surface area contributed by atoms with Gasteiger partial charge in [0.25, 0.3) is 0 Å². The number of hydrogen-bond acceptors (Lipinski definition) is 5. The van der Waals surface area contributed by atoms with Gasteiger partial charge in [0.15, 0.2) is 0 Å². The van der Waals surface area contributed by atoms with E-state index in [0.717, 1.165) is 17.5 Å². The Hall–Kier alpha value is -2.67. The summed E-state index contributed by atoms with van der Waals surface area (Å²) in [4.78, 5) is 39.0. The van der Waals surface area contributed by atoms with E-state index >= 15 is 0 Å². The van der Waals surface area contributed by atoms with Gasteiger partial charge in [0.05, 0.1) is 24.1 Å². The molecular formula is C21H24N2O4S. The third-order valence-electron chi connectivity index (χ3n) is 4.84. The molecular weight excluding hydrogens is 376 g/mol. The van der Waals surface area contributed by atoms with Gasteiger partial charge in [-0.05, 0) is 43.0 Å². The van der Waals surface area contributed by atoms with E-state index in [0.29, 0.717) is 23.0 Å². The number of fused-ring (bicyclic) bond motifs is 1. The number of ether oxygens (including phenoxy) is 1. The fourth-order valence-electron chi connectivity index (χ4n) is 3.56. The molecule has 2 aromatic rings. The number of nitrogens with zero attached hydrogens (tertiary/aromatic N) is 1. The number of esters is 1. The Balaban J connectivity index is 1.76. The second-order valence-electron chi connectivity index (χ2n) is 6.77. The molecule has 1 atom stereocenters. The molecule has 0 saturated heterocycles. The molecule has 0 fully saturated rings. The van der Waals surface area contributed by atoms with Crippen LogP contribution in [0.4, 0.5) is 5.00 Å². The van der Waals surface area contributed by atoms with Crippen LogP contribution in [0.2, 0.25) is 0 Å². The summed E-state index contributed by atoms with van der Waals surface area (Å²) in [6.07, 6.45) is 0.961. The Morgan fingerprint density at radius 3 is 2.75 bits per heavy atom. The van der Waals surface area contributed by atoms with Crippen LogP contribution in [-0.2, 0) is 20.7 Å². The number of hydrogen-bond donors (Lipinski definition) is 1. The number of amides is 2. The van der Waals surface area contributed by atoms with Gasteiger partial charge in [0.2, 0.25) is 11.8 Å². The first-order valence-electron chi connectivity index (χ1n) is 9.33. The molecule has 1 aromatic heterocycles. The van der Waals surface area contributed by atoms with Crippen LogP contribution in [0.15, 0.2) is 30.3 Å². The van der Waals surface area contributed by atoms with Crippen molar-refractivity contribution in [3.63, 3.8) is 0 Å². The number of thiophene rings is 1.